The first-order chi connectivity index (χ1) is 8.88. The van der Waals surface area contributed by atoms with Gasteiger partial charge >= 0.3 is 5.97 Å². The monoisotopic (exact) mass is 286 g/mol. The van der Waals surface area contributed by atoms with E-state index in [1.807, 2.05) is 11.8 Å². The van der Waals surface area contributed by atoms with Crippen LogP contribution in [-0.2, 0) is 19.6 Å². The Morgan fingerprint density at radius 2 is 1.89 bits per heavy atom. The largest absolute Gasteiger partial charge is 0.468 e. The Balaban J connectivity index is 2.94. The van der Waals surface area contributed by atoms with Gasteiger partial charge in [0.05, 0.1) is 12.0 Å². The van der Waals surface area contributed by atoms with E-state index < -0.39 is 10.0 Å². The van der Waals surface area contributed by atoms with Gasteiger partial charge in [-0.1, -0.05) is 6.92 Å². The number of anilines is 1. The third-order valence-corrected chi connectivity index (χ3v) is 3.50. The highest BCUT2D eigenvalue weighted by Crippen LogP contribution is 2.17. The zero-order chi connectivity index (χ0) is 14.5. The molecule has 0 aliphatic heterocycles. The minimum atomic E-state index is -3.70. The van der Waals surface area contributed by atoms with Gasteiger partial charge in [-0.25, -0.2) is 13.6 Å². The number of carbonyl (C=O) groups is 1. The summed E-state index contributed by atoms with van der Waals surface area (Å²) in [6.45, 7) is 2.78. The van der Waals surface area contributed by atoms with E-state index >= 15 is 0 Å². The number of nitrogens with two attached hydrogens (primary N) is 1. The third-order valence-electron chi connectivity index (χ3n) is 2.57. The lowest BCUT2D eigenvalue weighted by Gasteiger charge is -2.23. The van der Waals surface area contributed by atoms with Crippen LogP contribution < -0.4 is 10.0 Å². The Labute approximate surface area is 113 Å². The number of methoxy groups -OCH3 is 1. The number of primary sulfonamides is 1. The summed E-state index contributed by atoms with van der Waals surface area (Å²) in [6.07, 6.45) is 0.855. The fourth-order valence-electron chi connectivity index (χ4n) is 1.64. The van der Waals surface area contributed by atoms with E-state index in [9.17, 15) is 13.2 Å². The predicted molar refractivity (Wildman–Crippen MR) is 72.3 cm³/mol. The van der Waals surface area contributed by atoms with Crippen molar-refractivity contribution in [1.29, 1.82) is 0 Å². The number of nitrogens with zero attached hydrogens (tertiary/aromatic N) is 1. The van der Waals surface area contributed by atoms with E-state index in [0.29, 0.717) is 6.54 Å². The maximum absolute atomic E-state index is 11.3. The molecule has 7 heteroatoms. The summed E-state index contributed by atoms with van der Waals surface area (Å²) in [5.74, 6) is -0.344. The van der Waals surface area contributed by atoms with E-state index in [-0.39, 0.29) is 17.4 Å². The smallest absolute Gasteiger partial charge is 0.325 e. The van der Waals surface area contributed by atoms with Crippen LogP contribution in [0.5, 0.6) is 0 Å². The number of hydrogen-bond donors (Lipinski definition) is 1. The average Bonchev–Trinajstić information content (AvgIpc) is 2.37. The van der Waals surface area contributed by atoms with E-state index in [4.69, 9.17) is 5.14 Å². The molecule has 0 bridgehead atoms. The van der Waals surface area contributed by atoms with Crippen LogP contribution in [0.3, 0.4) is 0 Å². The van der Waals surface area contributed by atoms with Crippen molar-refractivity contribution in [3.63, 3.8) is 0 Å². The highest BCUT2D eigenvalue weighted by atomic mass is 32.2. The number of rotatable bonds is 6. The summed E-state index contributed by atoms with van der Waals surface area (Å²) in [4.78, 5) is 13.2. The highest BCUT2D eigenvalue weighted by Gasteiger charge is 2.13. The molecule has 0 amide bonds. The van der Waals surface area contributed by atoms with Crippen molar-refractivity contribution in [1.82, 2.24) is 0 Å². The third kappa shape index (κ3) is 4.53. The maximum atomic E-state index is 11.3. The number of hydrogen-bond acceptors (Lipinski definition) is 5. The van der Waals surface area contributed by atoms with Gasteiger partial charge in [0.1, 0.15) is 6.54 Å². The van der Waals surface area contributed by atoms with Crippen molar-refractivity contribution < 1.29 is 17.9 Å². The normalized spacial score (nSPS) is 11.1. The second-order valence-electron chi connectivity index (χ2n) is 4.04. The lowest BCUT2D eigenvalue weighted by molar-refractivity contribution is -0.138. The Hall–Kier alpha value is -1.60. The molecule has 106 valence electrons. The molecule has 2 N–H and O–H groups in total. The molecule has 0 unspecified atom stereocenters. The van der Waals surface area contributed by atoms with Gasteiger partial charge in [-0.2, -0.15) is 0 Å². The molecule has 6 nitrogen and oxygen atoms in total. The van der Waals surface area contributed by atoms with Gasteiger partial charge < -0.3 is 9.64 Å². The van der Waals surface area contributed by atoms with E-state index in [1.54, 1.807) is 12.1 Å². The molecule has 0 fully saturated rings. The first-order valence-corrected chi connectivity index (χ1v) is 7.37. The lowest BCUT2D eigenvalue weighted by Crippen LogP contribution is -2.31. The molecule has 1 aromatic rings. The fraction of sp³-hybridized carbons (Fsp3) is 0.417. The maximum Gasteiger partial charge on any atom is 0.325 e. The average molecular weight is 286 g/mol. The molecule has 1 aromatic carbocycles. The molecule has 0 saturated carbocycles. The molecular formula is C12H18N2O4S. The van der Waals surface area contributed by atoms with Gasteiger partial charge in [0.15, 0.2) is 0 Å². The van der Waals surface area contributed by atoms with Crippen molar-refractivity contribution in [2.24, 2.45) is 5.14 Å². The quantitative estimate of drug-likeness (QED) is 0.778. The van der Waals surface area contributed by atoms with Crippen LogP contribution in [0.4, 0.5) is 5.69 Å². The van der Waals surface area contributed by atoms with Gasteiger partial charge in [0.25, 0.3) is 0 Å². The van der Waals surface area contributed by atoms with Gasteiger partial charge in [0, 0.05) is 12.2 Å². The first kappa shape index (κ1) is 15.5. The van der Waals surface area contributed by atoms with Crippen LogP contribution >= 0.6 is 0 Å². The van der Waals surface area contributed by atoms with Crippen molar-refractivity contribution in [2.75, 3.05) is 25.1 Å². The zero-order valence-corrected chi connectivity index (χ0v) is 11.8. The molecule has 0 heterocycles. The van der Waals surface area contributed by atoms with E-state index in [1.165, 1.54) is 19.2 Å². The Morgan fingerprint density at radius 1 is 1.32 bits per heavy atom. The zero-order valence-electron chi connectivity index (χ0n) is 11.0. The van der Waals surface area contributed by atoms with Gasteiger partial charge in [-0.15, -0.1) is 0 Å². The molecule has 0 aromatic heterocycles. The molecular weight excluding hydrogens is 268 g/mol. The Morgan fingerprint density at radius 3 is 2.32 bits per heavy atom. The second-order valence-corrected chi connectivity index (χ2v) is 5.60. The number of ether oxygens (including phenoxy) is 1. The fourth-order valence-corrected chi connectivity index (χ4v) is 2.15. The number of benzene rings is 1. The second kappa shape index (κ2) is 6.53. The van der Waals surface area contributed by atoms with Crippen molar-refractivity contribution in [3.8, 4) is 0 Å². The summed E-state index contributed by atoms with van der Waals surface area (Å²) < 4.78 is 26.9. The van der Waals surface area contributed by atoms with Crippen LogP contribution in [0.1, 0.15) is 13.3 Å². The van der Waals surface area contributed by atoms with Crippen LogP contribution in [0.15, 0.2) is 29.2 Å². The first-order valence-electron chi connectivity index (χ1n) is 5.83. The summed E-state index contributed by atoms with van der Waals surface area (Å²) >= 11 is 0. The highest BCUT2D eigenvalue weighted by molar-refractivity contribution is 7.89. The topological polar surface area (TPSA) is 89.7 Å². The number of sulfonamides is 1. The molecule has 0 aliphatic rings. The summed E-state index contributed by atoms with van der Waals surface area (Å²) in [5, 5.41) is 5.03. The van der Waals surface area contributed by atoms with Gasteiger partial charge in [-0.05, 0) is 30.7 Å². The SMILES string of the molecule is CCCN(CC(=O)OC)c1ccc(S(N)(=O)=O)cc1. The Bertz CT molecular complexity index is 525. The van der Waals surface area contributed by atoms with Crippen molar-refractivity contribution in [3.05, 3.63) is 24.3 Å². The lowest BCUT2D eigenvalue weighted by atomic mass is 10.2. The molecule has 0 saturated heterocycles. The Kier molecular flexibility index (Phi) is 5.31. The summed E-state index contributed by atoms with van der Waals surface area (Å²) in [5.41, 5.74) is 0.750. The molecule has 0 radical (unpaired) electrons. The summed E-state index contributed by atoms with van der Waals surface area (Å²) in [7, 11) is -2.37. The van der Waals surface area contributed by atoms with Crippen molar-refractivity contribution >= 4 is 21.7 Å². The van der Waals surface area contributed by atoms with Crippen LogP contribution in [0.25, 0.3) is 0 Å². The number of carbonyl (C=O) groups excluding carboxylic acids is 1. The molecule has 1 rings (SSSR count). The minimum absolute atomic E-state index is 0.0470. The predicted octanol–water partition coefficient (Wildman–Crippen LogP) is 0.723. The van der Waals surface area contributed by atoms with E-state index in [2.05, 4.69) is 4.74 Å². The van der Waals surface area contributed by atoms with Crippen molar-refractivity contribution in [2.45, 2.75) is 18.2 Å². The number of esters is 1. The van der Waals surface area contributed by atoms with Crippen LogP contribution in [0, 0.1) is 0 Å². The van der Waals surface area contributed by atoms with Crippen LogP contribution in [-0.4, -0.2) is 34.6 Å². The molecule has 0 atom stereocenters. The van der Waals surface area contributed by atoms with E-state index in [0.717, 1.165) is 12.1 Å². The molecule has 0 aliphatic carbocycles. The summed E-state index contributed by atoms with van der Waals surface area (Å²) in [6, 6.07) is 6.09. The molecule has 0 spiro atoms. The molecule has 19 heavy (non-hydrogen) atoms. The minimum Gasteiger partial charge on any atom is -0.468 e. The van der Waals surface area contributed by atoms with Gasteiger partial charge in [-0.3, -0.25) is 4.79 Å². The standard InChI is InChI=1S/C12H18N2O4S/c1-3-8-14(9-12(15)18-2)10-4-6-11(7-5-10)19(13,16)17/h4-7H,3,8-9H2,1-2H3,(H2,13,16,17). The van der Waals surface area contributed by atoms with Crippen LogP contribution in [0.2, 0.25) is 0 Å². The van der Waals surface area contributed by atoms with Gasteiger partial charge in [0.2, 0.25) is 10.0 Å².